The molecule has 1 saturated heterocycles. The van der Waals surface area contributed by atoms with Gasteiger partial charge in [-0.15, -0.1) is 0 Å². The maximum absolute atomic E-state index is 12.4. The number of hydrogen-bond acceptors (Lipinski definition) is 3. The number of urea groups is 1. The minimum absolute atomic E-state index is 0.0189. The van der Waals surface area contributed by atoms with Crippen LogP contribution in [-0.2, 0) is 0 Å². The number of likely N-dealkylation sites (tertiary alicyclic amines) is 1. The van der Waals surface area contributed by atoms with Crippen molar-refractivity contribution in [2.24, 2.45) is 0 Å². The first-order valence-electron chi connectivity index (χ1n) is 7.17. The lowest BCUT2D eigenvalue weighted by Crippen LogP contribution is -2.40. The third-order valence-electron chi connectivity index (χ3n) is 3.81. The van der Waals surface area contributed by atoms with Crippen molar-refractivity contribution in [3.05, 3.63) is 41.7 Å². The quantitative estimate of drug-likeness (QED) is 0.913. The number of carbonyl (C=O) groups excluding carboxylic acids is 1. The Morgan fingerprint density at radius 2 is 2.32 bits per heavy atom. The van der Waals surface area contributed by atoms with Crippen LogP contribution in [0.25, 0.3) is 5.69 Å². The molecular weight excluding hydrogens is 304 g/mol. The van der Waals surface area contributed by atoms with Crippen LogP contribution in [0.3, 0.4) is 0 Å². The first kappa shape index (κ1) is 14.9. The van der Waals surface area contributed by atoms with Gasteiger partial charge in [-0.1, -0.05) is 17.7 Å². The molecule has 2 aromatic rings. The molecule has 0 bridgehead atoms. The summed E-state index contributed by atoms with van der Waals surface area (Å²) in [4.78, 5) is 14.1. The maximum Gasteiger partial charge on any atom is 0.322 e. The van der Waals surface area contributed by atoms with Crippen molar-refractivity contribution in [3.8, 4) is 5.69 Å². The van der Waals surface area contributed by atoms with E-state index < -0.39 is 0 Å². The number of carbonyl (C=O) groups is 1. The molecule has 0 spiro atoms. The van der Waals surface area contributed by atoms with Gasteiger partial charge in [-0.3, -0.25) is 0 Å². The molecule has 2 heterocycles. The van der Waals surface area contributed by atoms with E-state index in [1.165, 1.54) is 0 Å². The summed E-state index contributed by atoms with van der Waals surface area (Å²) in [5.74, 6) is 0. The van der Waals surface area contributed by atoms with Crippen LogP contribution in [0.4, 0.5) is 10.5 Å². The summed E-state index contributed by atoms with van der Waals surface area (Å²) >= 11 is 6.25. The largest absolute Gasteiger partial charge is 0.394 e. The second-order valence-corrected chi connectivity index (χ2v) is 5.60. The zero-order chi connectivity index (χ0) is 15.5. The summed E-state index contributed by atoms with van der Waals surface area (Å²) < 4.78 is 1.62. The van der Waals surface area contributed by atoms with E-state index in [0.29, 0.717) is 22.9 Å². The Morgan fingerprint density at radius 1 is 1.45 bits per heavy atom. The van der Waals surface area contributed by atoms with Crippen LogP contribution < -0.4 is 5.32 Å². The van der Waals surface area contributed by atoms with Crippen LogP contribution in [0.5, 0.6) is 0 Å². The number of halogens is 1. The number of aromatic nitrogens is 2. The number of rotatable bonds is 3. The minimum Gasteiger partial charge on any atom is -0.394 e. The highest BCUT2D eigenvalue weighted by molar-refractivity contribution is 6.33. The van der Waals surface area contributed by atoms with Crippen molar-refractivity contribution in [3.63, 3.8) is 0 Å². The number of para-hydroxylation sites is 1. The van der Waals surface area contributed by atoms with Gasteiger partial charge in [0.2, 0.25) is 0 Å². The fourth-order valence-corrected chi connectivity index (χ4v) is 2.99. The van der Waals surface area contributed by atoms with E-state index in [1.54, 1.807) is 46.2 Å². The number of nitrogens with one attached hydrogen (secondary N) is 1. The lowest BCUT2D eigenvalue weighted by molar-refractivity contribution is 0.166. The van der Waals surface area contributed by atoms with Crippen molar-refractivity contribution >= 4 is 23.3 Å². The van der Waals surface area contributed by atoms with Crippen molar-refractivity contribution in [2.75, 3.05) is 18.5 Å². The topological polar surface area (TPSA) is 70.4 Å². The molecule has 0 radical (unpaired) electrons. The molecule has 1 aromatic heterocycles. The second-order valence-electron chi connectivity index (χ2n) is 5.19. The van der Waals surface area contributed by atoms with Gasteiger partial charge < -0.3 is 15.3 Å². The van der Waals surface area contributed by atoms with Gasteiger partial charge >= 0.3 is 6.03 Å². The predicted octanol–water partition coefficient (Wildman–Crippen LogP) is 2.51. The normalized spacial score (nSPS) is 17.7. The molecular formula is C15H17ClN4O2. The molecule has 1 fully saturated rings. The third-order valence-corrected chi connectivity index (χ3v) is 4.12. The monoisotopic (exact) mass is 320 g/mol. The molecule has 0 aliphatic carbocycles. The average Bonchev–Trinajstić information content (AvgIpc) is 3.18. The second kappa shape index (κ2) is 6.37. The molecule has 6 nitrogen and oxygen atoms in total. The van der Waals surface area contributed by atoms with E-state index in [1.807, 2.05) is 0 Å². The van der Waals surface area contributed by atoms with Crippen LogP contribution in [0, 0.1) is 0 Å². The molecule has 1 aliphatic heterocycles. The lowest BCUT2D eigenvalue weighted by Gasteiger charge is -2.24. The van der Waals surface area contributed by atoms with E-state index in [-0.39, 0.29) is 18.7 Å². The molecule has 22 heavy (non-hydrogen) atoms. The highest BCUT2D eigenvalue weighted by atomic mass is 35.5. The van der Waals surface area contributed by atoms with Crippen molar-refractivity contribution in [2.45, 2.75) is 18.9 Å². The summed E-state index contributed by atoms with van der Waals surface area (Å²) in [7, 11) is 0. The summed E-state index contributed by atoms with van der Waals surface area (Å²) in [6.45, 7) is 0.629. The van der Waals surface area contributed by atoms with Gasteiger partial charge in [-0.05, 0) is 31.0 Å². The number of aliphatic hydroxyl groups excluding tert-OH is 1. The number of aliphatic hydroxyl groups is 1. The van der Waals surface area contributed by atoms with Gasteiger partial charge in [0.25, 0.3) is 0 Å². The van der Waals surface area contributed by atoms with Crippen LogP contribution in [0.2, 0.25) is 5.02 Å². The molecule has 2 amide bonds. The molecule has 116 valence electrons. The first-order chi connectivity index (χ1) is 10.7. The summed E-state index contributed by atoms with van der Waals surface area (Å²) in [5.41, 5.74) is 1.21. The molecule has 1 atom stereocenters. The Morgan fingerprint density at radius 3 is 3.05 bits per heavy atom. The van der Waals surface area contributed by atoms with Crippen molar-refractivity contribution < 1.29 is 9.90 Å². The lowest BCUT2D eigenvalue weighted by atomic mass is 10.2. The predicted molar refractivity (Wildman–Crippen MR) is 84.4 cm³/mol. The fourth-order valence-electron chi connectivity index (χ4n) is 2.73. The van der Waals surface area contributed by atoms with Gasteiger partial charge in [-0.2, -0.15) is 5.10 Å². The average molecular weight is 321 g/mol. The number of hydrogen-bond donors (Lipinski definition) is 2. The number of benzene rings is 1. The number of nitrogens with zero attached hydrogens (tertiary/aromatic N) is 3. The Labute approximate surface area is 133 Å². The standard InChI is InChI=1S/C15H17ClN4O2/c16-12-5-1-6-13(14(12)20-9-3-7-17-20)18-15(22)19-8-2-4-11(19)10-21/h1,3,5-7,9,11,21H,2,4,8,10H2,(H,18,22). The fraction of sp³-hybridized carbons (Fsp3) is 0.333. The van der Waals surface area contributed by atoms with E-state index in [0.717, 1.165) is 12.8 Å². The number of anilines is 1. The minimum atomic E-state index is -0.229. The van der Waals surface area contributed by atoms with Crippen LogP contribution in [0.1, 0.15) is 12.8 Å². The van der Waals surface area contributed by atoms with E-state index in [9.17, 15) is 9.90 Å². The zero-order valence-electron chi connectivity index (χ0n) is 11.9. The SMILES string of the molecule is O=C(Nc1cccc(Cl)c1-n1cccn1)N1CCCC1CO. The molecule has 2 N–H and O–H groups in total. The van der Waals surface area contributed by atoms with Crippen LogP contribution in [0.15, 0.2) is 36.7 Å². The Bertz CT molecular complexity index is 660. The van der Waals surface area contributed by atoms with E-state index in [2.05, 4.69) is 10.4 Å². The Kier molecular flexibility index (Phi) is 4.31. The molecule has 1 aliphatic rings. The Hall–Kier alpha value is -2.05. The third kappa shape index (κ3) is 2.80. The number of amides is 2. The van der Waals surface area contributed by atoms with Gasteiger partial charge in [0.1, 0.15) is 5.69 Å². The van der Waals surface area contributed by atoms with Gasteiger partial charge in [-0.25, -0.2) is 9.48 Å². The maximum atomic E-state index is 12.4. The van der Waals surface area contributed by atoms with Gasteiger partial charge in [0.15, 0.2) is 0 Å². The van der Waals surface area contributed by atoms with Gasteiger partial charge in [0.05, 0.1) is 23.4 Å². The summed E-state index contributed by atoms with van der Waals surface area (Å²) in [6, 6.07) is 6.75. The summed E-state index contributed by atoms with van der Waals surface area (Å²) in [6.07, 6.45) is 5.14. The van der Waals surface area contributed by atoms with E-state index >= 15 is 0 Å². The molecule has 1 unspecified atom stereocenters. The van der Waals surface area contributed by atoms with Crippen molar-refractivity contribution in [1.82, 2.24) is 14.7 Å². The zero-order valence-corrected chi connectivity index (χ0v) is 12.7. The molecule has 0 saturated carbocycles. The van der Waals surface area contributed by atoms with Crippen LogP contribution >= 0.6 is 11.6 Å². The van der Waals surface area contributed by atoms with E-state index in [4.69, 9.17) is 11.6 Å². The summed E-state index contributed by atoms with van der Waals surface area (Å²) in [5, 5.41) is 16.9. The highest BCUT2D eigenvalue weighted by Gasteiger charge is 2.28. The molecule has 7 heteroatoms. The van der Waals surface area contributed by atoms with Crippen LogP contribution in [-0.4, -0.2) is 45.0 Å². The first-order valence-corrected chi connectivity index (χ1v) is 7.55. The molecule has 1 aromatic carbocycles. The van der Waals surface area contributed by atoms with Crippen molar-refractivity contribution in [1.29, 1.82) is 0 Å². The smallest absolute Gasteiger partial charge is 0.322 e. The molecule has 3 rings (SSSR count). The van der Waals surface area contributed by atoms with Gasteiger partial charge in [0, 0.05) is 18.9 Å². The highest BCUT2D eigenvalue weighted by Crippen LogP contribution is 2.29. The Balaban J connectivity index is 1.87.